The van der Waals surface area contributed by atoms with Gasteiger partial charge in [0.25, 0.3) is 0 Å². The molecular weight excluding hydrogens is 440 g/mol. The Bertz CT molecular complexity index is 1070. The number of amides is 3. The van der Waals surface area contributed by atoms with Gasteiger partial charge < -0.3 is 19.9 Å². The maximum absolute atomic E-state index is 12.6. The lowest BCUT2D eigenvalue weighted by Gasteiger charge is -2.35. The van der Waals surface area contributed by atoms with Crippen LogP contribution in [-0.4, -0.2) is 60.1 Å². The number of rotatable bonds is 7. The van der Waals surface area contributed by atoms with Crippen molar-refractivity contribution in [2.45, 2.75) is 12.8 Å². The van der Waals surface area contributed by atoms with Gasteiger partial charge >= 0.3 is 6.03 Å². The first-order valence-corrected chi connectivity index (χ1v) is 11.6. The van der Waals surface area contributed by atoms with E-state index < -0.39 is 0 Å². The number of thiazole rings is 1. The number of nitrogens with zero attached hydrogens (tertiary/aromatic N) is 4. The second-order valence-electron chi connectivity index (χ2n) is 7.51. The van der Waals surface area contributed by atoms with Crippen molar-refractivity contribution in [2.75, 3.05) is 48.8 Å². The molecule has 1 aliphatic rings. The number of nitrogens with one attached hydrogen (secondary N) is 2. The number of anilines is 3. The molecule has 3 aromatic rings. The summed E-state index contributed by atoms with van der Waals surface area (Å²) >= 11 is 1.34. The molecule has 4 rings (SSSR count). The highest BCUT2D eigenvalue weighted by molar-refractivity contribution is 7.13. The summed E-state index contributed by atoms with van der Waals surface area (Å²) in [5.41, 5.74) is 1.44. The van der Waals surface area contributed by atoms with Gasteiger partial charge in [0, 0.05) is 49.9 Å². The van der Waals surface area contributed by atoms with Crippen molar-refractivity contribution < 1.29 is 14.3 Å². The third-order valence-electron chi connectivity index (χ3n) is 5.32. The molecule has 0 spiro atoms. The number of aromatic nitrogens is 2. The largest absolute Gasteiger partial charge is 0.497 e. The predicted molar refractivity (Wildman–Crippen MR) is 129 cm³/mol. The van der Waals surface area contributed by atoms with E-state index in [0.717, 1.165) is 30.4 Å². The van der Waals surface area contributed by atoms with E-state index in [-0.39, 0.29) is 11.9 Å². The summed E-state index contributed by atoms with van der Waals surface area (Å²) in [6, 6.07) is 12.5. The first-order chi connectivity index (χ1) is 16.1. The number of methoxy groups -OCH3 is 1. The molecule has 2 aromatic heterocycles. The van der Waals surface area contributed by atoms with Crippen LogP contribution in [0.15, 0.2) is 54.0 Å². The molecule has 1 fully saturated rings. The number of urea groups is 1. The molecular formula is C23H26N6O3S. The molecule has 9 nitrogen and oxygen atoms in total. The summed E-state index contributed by atoms with van der Waals surface area (Å²) in [7, 11) is 1.59. The van der Waals surface area contributed by atoms with Gasteiger partial charge in [0.2, 0.25) is 5.91 Å². The monoisotopic (exact) mass is 466 g/mol. The van der Waals surface area contributed by atoms with Crippen LogP contribution >= 0.6 is 11.3 Å². The predicted octanol–water partition coefficient (Wildman–Crippen LogP) is 3.47. The van der Waals surface area contributed by atoms with Gasteiger partial charge in [0.1, 0.15) is 11.6 Å². The van der Waals surface area contributed by atoms with E-state index in [1.54, 1.807) is 37.6 Å². The third kappa shape index (κ3) is 6.19. The van der Waals surface area contributed by atoms with Crippen LogP contribution in [0.5, 0.6) is 5.75 Å². The van der Waals surface area contributed by atoms with E-state index in [1.165, 1.54) is 11.3 Å². The molecule has 2 N–H and O–H groups in total. The van der Waals surface area contributed by atoms with Gasteiger partial charge in [-0.25, -0.2) is 14.8 Å². The van der Waals surface area contributed by atoms with E-state index in [0.29, 0.717) is 36.8 Å². The highest BCUT2D eigenvalue weighted by atomic mass is 32.1. The lowest BCUT2D eigenvalue weighted by atomic mass is 10.2. The average molecular weight is 467 g/mol. The second-order valence-corrected chi connectivity index (χ2v) is 8.37. The molecule has 0 radical (unpaired) electrons. The van der Waals surface area contributed by atoms with Gasteiger partial charge in [-0.1, -0.05) is 6.07 Å². The minimum atomic E-state index is -0.372. The quantitative estimate of drug-likeness (QED) is 0.553. The first kappa shape index (κ1) is 22.5. The molecule has 0 bridgehead atoms. The van der Waals surface area contributed by atoms with Crippen LogP contribution in [0.3, 0.4) is 0 Å². The van der Waals surface area contributed by atoms with Crippen LogP contribution in [0.25, 0.3) is 0 Å². The number of carbonyl (C=O) groups is 2. The molecule has 1 aliphatic heterocycles. The smallest absolute Gasteiger partial charge is 0.325 e. The lowest BCUT2D eigenvalue weighted by Crippen LogP contribution is -2.49. The van der Waals surface area contributed by atoms with Gasteiger partial charge in [-0.05, 0) is 42.8 Å². The standard InChI is InChI=1S/C23H26N6O3S/c1-32-19-8-5-17(6-9-19)25-22(31)27-23-26-18(16-33-23)7-10-21(30)29-14-12-28(13-15-29)20-4-2-3-11-24-20/h2-6,8-9,11,16H,7,10,12-15H2,1H3,(H2,25,26,27,31). The average Bonchev–Trinajstić information content (AvgIpc) is 3.30. The van der Waals surface area contributed by atoms with Crippen LogP contribution in [0.4, 0.5) is 21.4 Å². The van der Waals surface area contributed by atoms with Crippen LogP contribution in [0.1, 0.15) is 12.1 Å². The van der Waals surface area contributed by atoms with Crippen LogP contribution < -0.4 is 20.3 Å². The highest BCUT2D eigenvalue weighted by Gasteiger charge is 2.21. The van der Waals surface area contributed by atoms with Crippen LogP contribution in [0, 0.1) is 0 Å². The van der Waals surface area contributed by atoms with Crippen molar-refractivity contribution in [3.05, 3.63) is 59.7 Å². The minimum absolute atomic E-state index is 0.121. The molecule has 1 aromatic carbocycles. The number of pyridine rings is 1. The van der Waals surface area contributed by atoms with Crippen molar-refractivity contribution in [3.63, 3.8) is 0 Å². The Labute approximate surface area is 196 Å². The number of piperazine rings is 1. The van der Waals surface area contributed by atoms with Gasteiger partial charge in [-0.15, -0.1) is 11.3 Å². The summed E-state index contributed by atoms with van der Waals surface area (Å²) in [6.07, 6.45) is 2.72. The van der Waals surface area contributed by atoms with E-state index >= 15 is 0 Å². The van der Waals surface area contributed by atoms with Crippen molar-refractivity contribution in [2.24, 2.45) is 0 Å². The zero-order valence-electron chi connectivity index (χ0n) is 18.4. The van der Waals surface area contributed by atoms with Crippen molar-refractivity contribution in [1.29, 1.82) is 0 Å². The SMILES string of the molecule is COc1ccc(NC(=O)Nc2nc(CCC(=O)N3CCN(c4ccccn4)CC3)cs2)cc1. The zero-order chi connectivity index (χ0) is 23.0. The van der Waals surface area contributed by atoms with Crippen molar-refractivity contribution in [3.8, 4) is 5.75 Å². The summed E-state index contributed by atoms with van der Waals surface area (Å²) in [5, 5.41) is 7.84. The van der Waals surface area contributed by atoms with E-state index in [4.69, 9.17) is 4.74 Å². The second kappa shape index (κ2) is 10.8. The summed E-state index contributed by atoms with van der Waals surface area (Å²) in [4.78, 5) is 37.7. The number of hydrogen-bond donors (Lipinski definition) is 2. The van der Waals surface area contributed by atoms with E-state index in [2.05, 4.69) is 25.5 Å². The number of carbonyl (C=O) groups excluding carboxylic acids is 2. The van der Waals surface area contributed by atoms with Crippen LogP contribution in [0.2, 0.25) is 0 Å². The Morgan fingerprint density at radius 1 is 1.06 bits per heavy atom. The number of hydrogen-bond acceptors (Lipinski definition) is 7. The number of ether oxygens (including phenoxy) is 1. The fraction of sp³-hybridized carbons (Fsp3) is 0.304. The number of aryl methyl sites for hydroxylation is 1. The highest BCUT2D eigenvalue weighted by Crippen LogP contribution is 2.19. The Morgan fingerprint density at radius 2 is 1.85 bits per heavy atom. The maximum Gasteiger partial charge on any atom is 0.325 e. The molecule has 172 valence electrons. The molecule has 0 aliphatic carbocycles. The Hall–Kier alpha value is -3.66. The Kier molecular flexibility index (Phi) is 7.36. The maximum atomic E-state index is 12.6. The number of benzene rings is 1. The van der Waals surface area contributed by atoms with Crippen molar-refractivity contribution >= 4 is 39.9 Å². The normalized spacial score (nSPS) is 13.5. The molecule has 33 heavy (non-hydrogen) atoms. The fourth-order valence-corrected chi connectivity index (χ4v) is 4.27. The molecule has 3 heterocycles. The minimum Gasteiger partial charge on any atom is -0.497 e. The summed E-state index contributed by atoms with van der Waals surface area (Å²) in [5.74, 6) is 1.79. The first-order valence-electron chi connectivity index (χ1n) is 10.7. The fourth-order valence-electron chi connectivity index (χ4n) is 3.53. The van der Waals surface area contributed by atoms with Gasteiger partial charge in [0.05, 0.1) is 12.8 Å². The molecule has 0 unspecified atom stereocenters. The third-order valence-corrected chi connectivity index (χ3v) is 6.13. The van der Waals surface area contributed by atoms with Crippen molar-refractivity contribution in [1.82, 2.24) is 14.9 Å². The topological polar surface area (TPSA) is 99.7 Å². The molecule has 10 heteroatoms. The summed E-state index contributed by atoms with van der Waals surface area (Å²) in [6.45, 7) is 2.92. The van der Waals surface area contributed by atoms with Gasteiger partial charge in [-0.3, -0.25) is 10.1 Å². The molecule has 0 saturated carbocycles. The zero-order valence-corrected chi connectivity index (χ0v) is 19.2. The van der Waals surface area contributed by atoms with Gasteiger partial charge in [-0.2, -0.15) is 0 Å². The molecule has 3 amide bonds. The van der Waals surface area contributed by atoms with E-state index in [1.807, 2.05) is 28.5 Å². The molecule has 1 saturated heterocycles. The van der Waals surface area contributed by atoms with E-state index in [9.17, 15) is 9.59 Å². The Morgan fingerprint density at radius 3 is 2.55 bits per heavy atom. The summed E-state index contributed by atoms with van der Waals surface area (Å²) < 4.78 is 5.11. The Balaban J connectivity index is 1.20. The lowest BCUT2D eigenvalue weighted by molar-refractivity contribution is -0.131. The molecule has 0 atom stereocenters. The van der Waals surface area contributed by atoms with Gasteiger partial charge in [0.15, 0.2) is 5.13 Å². The van der Waals surface area contributed by atoms with Crippen LogP contribution in [-0.2, 0) is 11.2 Å².